The first kappa shape index (κ1) is 18.2. The third-order valence-corrected chi connectivity index (χ3v) is 6.46. The lowest BCUT2D eigenvalue weighted by Crippen LogP contribution is -2.68. The summed E-state index contributed by atoms with van der Waals surface area (Å²) in [5, 5.41) is 13.0. The number of aromatic nitrogens is 3. The van der Waals surface area contributed by atoms with Crippen molar-refractivity contribution in [3.05, 3.63) is 47.5 Å². The summed E-state index contributed by atoms with van der Waals surface area (Å²) in [6.45, 7) is 1.18. The number of hydrogen-bond donors (Lipinski definition) is 2. The summed E-state index contributed by atoms with van der Waals surface area (Å²) >= 11 is 0. The predicted molar refractivity (Wildman–Crippen MR) is 99.2 cm³/mol. The highest BCUT2D eigenvalue weighted by molar-refractivity contribution is 5.95. The Morgan fingerprint density at radius 2 is 2.17 bits per heavy atom. The smallest absolute Gasteiger partial charge is 0.276 e. The fourth-order valence-electron chi connectivity index (χ4n) is 4.72. The normalized spacial score (nSPS) is 26.9. The molecule has 2 amide bonds. The molecule has 0 bridgehead atoms. The van der Waals surface area contributed by atoms with Crippen molar-refractivity contribution in [1.82, 2.24) is 25.6 Å². The zero-order valence-corrected chi connectivity index (χ0v) is 15.8. The van der Waals surface area contributed by atoms with Gasteiger partial charge >= 0.3 is 0 Å². The summed E-state index contributed by atoms with van der Waals surface area (Å²) in [6.07, 6.45) is 3.61. The topological polar surface area (TPSA) is 100 Å². The SMILES string of the molecule is O=C(c1cn[nH]n1)N1CC(Cc2ccccc2F)(C(=O)N[C@@H]2C[C@H]3OCC[C@@H]23)C1. The second kappa shape index (κ2) is 6.91. The second-order valence-electron chi connectivity index (χ2n) is 8.24. The van der Waals surface area contributed by atoms with Gasteiger partial charge in [0, 0.05) is 31.7 Å². The van der Waals surface area contributed by atoms with Gasteiger partial charge in [-0.05, 0) is 30.9 Å². The van der Waals surface area contributed by atoms with Crippen LogP contribution in [0.5, 0.6) is 0 Å². The number of carbonyl (C=O) groups excluding carboxylic acids is 2. The molecule has 2 N–H and O–H groups in total. The number of likely N-dealkylation sites (tertiary alicyclic amines) is 1. The van der Waals surface area contributed by atoms with Gasteiger partial charge in [0.05, 0.1) is 17.7 Å². The number of hydrogen-bond acceptors (Lipinski definition) is 5. The van der Waals surface area contributed by atoms with Gasteiger partial charge in [-0.25, -0.2) is 4.39 Å². The number of nitrogens with zero attached hydrogens (tertiary/aromatic N) is 3. The molecule has 2 saturated heterocycles. The number of carbonyl (C=O) groups is 2. The molecule has 2 aliphatic heterocycles. The summed E-state index contributed by atoms with van der Waals surface area (Å²) < 4.78 is 19.9. The summed E-state index contributed by atoms with van der Waals surface area (Å²) in [5.41, 5.74) is -0.173. The zero-order chi connectivity index (χ0) is 20.0. The molecule has 3 aliphatic rings. The highest BCUT2D eigenvalue weighted by Gasteiger charge is 2.54. The van der Waals surface area contributed by atoms with Crippen molar-refractivity contribution in [2.24, 2.45) is 11.3 Å². The van der Waals surface area contributed by atoms with Gasteiger partial charge in [0.1, 0.15) is 5.82 Å². The number of H-pyrrole nitrogens is 1. The van der Waals surface area contributed by atoms with E-state index >= 15 is 0 Å². The Kier molecular flexibility index (Phi) is 4.34. The van der Waals surface area contributed by atoms with Gasteiger partial charge in [-0.1, -0.05) is 18.2 Å². The standard InChI is InChI=1S/C20H22FN5O3/c21-14-4-2-1-3-12(14)8-20(10-26(11-20)18(27)16-9-22-25-24-16)19(28)23-15-7-17-13(15)5-6-29-17/h1-4,9,13,15,17H,5-8,10-11H2,(H,23,28)(H,22,24,25)/t13-,15+,17+/m0/s1. The molecule has 152 valence electrons. The van der Waals surface area contributed by atoms with Crippen LogP contribution in [0.1, 0.15) is 28.9 Å². The van der Waals surface area contributed by atoms with Crippen molar-refractivity contribution >= 4 is 11.8 Å². The van der Waals surface area contributed by atoms with E-state index in [-0.39, 0.29) is 55.0 Å². The third-order valence-electron chi connectivity index (χ3n) is 6.46. The Balaban J connectivity index is 1.33. The van der Waals surface area contributed by atoms with E-state index < -0.39 is 5.41 Å². The van der Waals surface area contributed by atoms with E-state index in [1.165, 1.54) is 12.3 Å². The van der Waals surface area contributed by atoms with Gasteiger partial charge in [-0.2, -0.15) is 15.4 Å². The Morgan fingerprint density at radius 1 is 1.34 bits per heavy atom. The zero-order valence-electron chi connectivity index (χ0n) is 15.8. The minimum absolute atomic E-state index is 0.0905. The molecule has 3 atom stereocenters. The van der Waals surface area contributed by atoms with Crippen LogP contribution in [0.3, 0.4) is 0 Å². The van der Waals surface area contributed by atoms with E-state index in [4.69, 9.17) is 4.74 Å². The number of ether oxygens (including phenoxy) is 1. The maximum absolute atomic E-state index is 14.3. The summed E-state index contributed by atoms with van der Waals surface area (Å²) in [5.74, 6) is -0.393. The summed E-state index contributed by atoms with van der Waals surface area (Å²) in [7, 11) is 0. The lowest BCUT2D eigenvalue weighted by molar-refractivity contribution is -0.142. The van der Waals surface area contributed by atoms with Crippen molar-refractivity contribution < 1.29 is 18.7 Å². The van der Waals surface area contributed by atoms with E-state index in [1.807, 2.05) is 0 Å². The van der Waals surface area contributed by atoms with Crippen LogP contribution in [-0.2, 0) is 16.0 Å². The molecule has 0 spiro atoms. The van der Waals surface area contributed by atoms with Crippen LogP contribution < -0.4 is 5.32 Å². The van der Waals surface area contributed by atoms with E-state index in [0.717, 1.165) is 19.4 Å². The average Bonchev–Trinajstić information content (AvgIpc) is 3.33. The largest absolute Gasteiger partial charge is 0.378 e. The van der Waals surface area contributed by atoms with Gasteiger partial charge in [0.2, 0.25) is 5.91 Å². The molecular weight excluding hydrogens is 377 g/mol. The Bertz CT molecular complexity index is 928. The molecule has 29 heavy (non-hydrogen) atoms. The fourth-order valence-corrected chi connectivity index (χ4v) is 4.72. The summed E-state index contributed by atoms with van der Waals surface area (Å²) in [4.78, 5) is 27.4. The summed E-state index contributed by atoms with van der Waals surface area (Å²) in [6, 6.07) is 6.56. The molecule has 1 aromatic carbocycles. The Labute approximate surface area is 166 Å². The van der Waals surface area contributed by atoms with Gasteiger partial charge in [-0.3, -0.25) is 9.59 Å². The first-order valence-corrected chi connectivity index (χ1v) is 9.87. The molecule has 1 aliphatic carbocycles. The molecule has 8 nitrogen and oxygen atoms in total. The molecule has 3 fully saturated rings. The molecule has 5 rings (SSSR count). The molecule has 2 aromatic rings. The first-order chi connectivity index (χ1) is 14.1. The van der Waals surface area contributed by atoms with Gasteiger partial charge in [0.15, 0.2) is 5.69 Å². The number of rotatable bonds is 5. The van der Waals surface area contributed by atoms with E-state index in [9.17, 15) is 14.0 Å². The number of aromatic amines is 1. The fraction of sp³-hybridized carbons (Fsp3) is 0.500. The van der Waals surface area contributed by atoms with E-state index in [0.29, 0.717) is 11.5 Å². The highest BCUT2D eigenvalue weighted by atomic mass is 19.1. The quantitative estimate of drug-likeness (QED) is 0.779. The number of benzene rings is 1. The van der Waals surface area contributed by atoms with Crippen molar-refractivity contribution in [2.75, 3.05) is 19.7 Å². The van der Waals surface area contributed by atoms with Crippen molar-refractivity contribution in [3.8, 4) is 0 Å². The van der Waals surface area contributed by atoms with Crippen molar-refractivity contribution in [1.29, 1.82) is 0 Å². The number of halogens is 1. The van der Waals surface area contributed by atoms with Gasteiger partial charge < -0.3 is 15.0 Å². The predicted octanol–water partition coefficient (Wildman–Crippen LogP) is 0.922. The van der Waals surface area contributed by atoms with Crippen molar-refractivity contribution in [2.45, 2.75) is 31.4 Å². The maximum atomic E-state index is 14.3. The lowest BCUT2D eigenvalue weighted by atomic mass is 9.71. The van der Waals surface area contributed by atoms with Gasteiger partial charge in [-0.15, -0.1) is 0 Å². The number of fused-ring (bicyclic) bond motifs is 1. The molecule has 3 heterocycles. The van der Waals surface area contributed by atoms with Crippen molar-refractivity contribution in [3.63, 3.8) is 0 Å². The van der Waals surface area contributed by atoms with Crippen LogP contribution in [-0.4, -0.2) is 64.0 Å². The number of nitrogens with one attached hydrogen (secondary N) is 2. The molecule has 9 heteroatoms. The maximum Gasteiger partial charge on any atom is 0.276 e. The van der Waals surface area contributed by atoms with Crippen LogP contribution in [0, 0.1) is 17.2 Å². The minimum atomic E-state index is -0.855. The average molecular weight is 399 g/mol. The van der Waals surface area contributed by atoms with E-state index in [1.54, 1.807) is 23.1 Å². The second-order valence-corrected chi connectivity index (χ2v) is 8.24. The molecule has 1 aromatic heterocycles. The van der Waals surface area contributed by atoms with Crippen LogP contribution in [0.2, 0.25) is 0 Å². The van der Waals surface area contributed by atoms with Crippen LogP contribution >= 0.6 is 0 Å². The highest BCUT2D eigenvalue weighted by Crippen LogP contribution is 2.41. The monoisotopic (exact) mass is 399 g/mol. The molecule has 0 unspecified atom stereocenters. The van der Waals surface area contributed by atoms with Crippen LogP contribution in [0.4, 0.5) is 4.39 Å². The van der Waals surface area contributed by atoms with Crippen LogP contribution in [0.25, 0.3) is 0 Å². The number of amides is 2. The third kappa shape index (κ3) is 3.09. The molecular formula is C20H22FN5O3. The lowest BCUT2D eigenvalue weighted by Gasteiger charge is -2.50. The van der Waals surface area contributed by atoms with Crippen LogP contribution in [0.15, 0.2) is 30.5 Å². The minimum Gasteiger partial charge on any atom is -0.378 e. The van der Waals surface area contributed by atoms with E-state index in [2.05, 4.69) is 20.7 Å². The Morgan fingerprint density at radius 3 is 2.90 bits per heavy atom. The Hall–Kier alpha value is -2.81. The van der Waals surface area contributed by atoms with Gasteiger partial charge in [0.25, 0.3) is 5.91 Å². The molecule has 1 saturated carbocycles. The molecule has 0 radical (unpaired) electrons. The first-order valence-electron chi connectivity index (χ1n) is 9.87.